The highest BCUT2D eigenvalue weighted by atomic mass is 16.5. The first kappa shape index (κ1) is 15.0. The Morgan fingerprint density at radius 2 is 1.89 bits per heavy atom. The molecule has 0 saturated carbocycles. The van der Waals surface area contributed by atoms with Crippen molar-refractivity contribution >= 4 is 0 Å². The molecule has 18 heavy (non-hydrogen) atoms. The van der Waals surface area contributed by atoms with Crippen LogP contribution in [0.15, 0.2) is 18.2 Å². The van der Waals surface area contributed by atoms with Crippen LogP contribution < -0.4 is 10.1 Å². The summed E-state index contributed by atoms with van der Waals surface area (Å²) in [6, 6.07) is 6.55. The van der Waals surface area contributed by atoms with Gasteiger partial charge in [-0.15, -0.1) is 0 Å². The van der Waals surface area contributed by atoms with Crippen LogP contribution in [-0.2, 0) is 11.8 Å². The molecule has 0 unspecified atom stereocenters. The summed E-state index contributed by atoms with van der Waals surface area (Å²) >= 11 is 0. The first-order chi connectivity index (χ1) is 8.49. The molecule has 2 nitrogen and oxygen atoms in total. The molecule has 0 atom stereocenters. The first-order valence-electron chi connectivity index (χ1n) is 6.87. The molecule has 1 aromatic rings. The van der Waals surface area contributed by atoms with Crippen molar-refractivity contribution in [3.63, 3.8) is 0 Å². The Labute approximate surface area is 112 Å². The van der Waals surface area contributed by atoms with Crippen LogP contribution in [0.2, 0.25) is 0 Å². The number of ether oxygens (including phenoxy) is 1. The highest BCUT2D eigenvalue weighted by Crippen LogP contribution is 2.28. The fraction of sp³-hybridized carbons (Fsp3) is 0.625. The Hall–Kier alpha value is -1.02. The molecule has 0 saturated heterocycles. The lowest BCUT2D eigenvalue weighted by Crippen LogP contribution is -2.18. The lowest BCUT2D eigenvalue weighted by atomic mass is 9.85. The van der Waals surface area contributed by atoms with Gasteiger partial charge in [-0.1, -0.05) is 39.8 Å². The fourth-order valence-corrected chi connectivity index (χ4v) is 1.97. The van der Waals surface area contributed by atoms with Gasteiger partial charge in [-0.3, -0.25) is 0 Å². The van der Waals surface area contributed by atoms with Crippen LogP contribution in [0.25, 0.3) is 0 Å². The summed E-state index contributed by atoms with van der Waals surface area (Å²) in [5.74, 6) is 1.00. The van der Waals surface area contributed by atoms with Gasteiger partial charge in [0.25, 0.3) is 0 Å². The molecule has 0 spiro atoms. The van der Waals surface area contributed by atoms with E-state index in [0.29, 0.717) is 0 Å². The van der Waals surface area contributed by atoms with Crippen LogP contribution >= 0.6 is 0 Å². The van der Waals surface area contributed by atoms with E-state index in [1.54, 1.807) is 7.11 Å². The number of benzene rings is 1. The molecule has 0 bridgehead atoms. The van der Waals surface area contributed by atoms with Gasteiger partial charge < -0.3 is 10.1 Å². The van der Waals surface area contributed by atoms with Crippen molar-refractivity contribution in [2.45, 2.75) is 46.0 Å². The quantitative estimate of drug-likeness (QED) is 0.779. The van der Waals surface area contributed by atoms with Gasteiger partial charge in [0.15, 0.2) is 0 Å². The largest absolute Gasteiger partial charge is 0.496 e. The van der Waals surface area contributed by atoms with E-state index in [2.05, 4.69) is 51.2 Å². The van der Waals surface area contributed by atoms with Gasteiger partial charge in [0.05, 0.1) is 7.11 Å². The van der Waals surface area contributed by atoms with Crippen molar-refractivity contribution in [1.82, 2.24) is 5.32 Å². The second-order valence-corrected chi connectivity index (χ2v) is 5.78. The zero-order valence-corrected chi connectivity index (χ0v) is 12.5. The summed E-state index contributed by atoms with van der Waals surface area (Å²) in [6.45, 7) is 11.0. The van der Waals surface area contributed by atoms with Gasteiger partial charge >= 0.3 is 0 Å². The predicted octanol–water partition coefficient (Wildman–Crippen LogP) is 3.53. The van der Waals surface area contributed by atoms with Gasteiger partial charge in [-0.2, -0.15) is 0 Å². The first-order valence-corrected chi connectivity index (χ1v) is 6.87. The molecular weight excluding hydrogens is 222 g/mol. The third kappa shape index (κ3) is 4.34. The monoisotopic (exact) mass is 249 g/mol. The van der Waals surface area contributed by atoms with E-state index < -0.39 is 0 Å². The minimum absolute atomic E-state index is 0.192. The van der Waals surface area contributed by atoms with E-state index in [1.165, 1.54) is 17.5 Å². The van der Waals surface area contributed by atoms with Crippen molar-refractivity contribution in [1.29, 1.82) is 0 Å². The molecule has 1 aromatic carbocycles. The molecule has 2 heteroatoms. The Kier molecular flexibility index (Phi) is 5.67. The molecule has 0 fully saturated rings. The zero-order chi connectivity index (χ0) is 13.6. The van der Waals surface area contributed by atoms with Crippen LogP contribution in [0.3, 0.4) is 0 Å². The maximum Gasteiger partial charge on any atom is 0.122 e. The molecular formula is C16H27NO. The topological polar surface area (TPSA) is 21.3 Å². The van der Waals surface area contributed by atoms with Gasteiger partial charge in [-0.25, -0.2) is 0 Å². The van der Waals surface area contributed by atoms with Crippen molar-refractivity contribution in [2.75, 3.05) is 20.2 Å². The van der Waals surface area contributed by atoms with Gasteiger partial charge in [0, 0.05) is 0 Å². The Morgan fingerprint density at radius 3 is 2.44 bits per heavy atom. The maximum absolute atomic E-state index is 5.44. The summed E-state index contributed by atoms with van der Waals surface area (Å²) in [6.07, 6.45) is 2.20. The third-order valence-corrected chi connectivity index (χ3v) is 3.14. The molecule has 0 aliphatic heterocycles. The third-order valence-electron chi connectivity index (χ3n) is 3.14. The molecule has 0 radical (unpaired) electrons. The smallest absolute Gasteiger partial charge is 0.122 e. The maximum atomic E-state index is 5.44. The minimum atomic E-state index is 0.192. The molecule has 1 N–H and O–H groups in total. The SMILES string of the molecule is CCCNCCc1cc(C(C)(C)C)ccc1OC. The molecule has 0 aromatic heterocycles. The van der Waals surface area contributed by atoms with E-state index in [4.69, 9.17) is 4.74 Å². The Bertz CT molecular complexity index is 366. The van der Waals surface area contributed by atoms with Crippen LogP contribution in [0.5, 0.6) is 5.75 Å². The highest BCUT2D eigenvalue weighted by Gasteiger charge is 2.15. The zero-order valence-electron chi connectivity index (χ0n) is 12.5. The summed E-state index contributed by atoms with van der Waals surface area (Å²) in [5, 5.41) is 3.44. The molecule has 0 aliphatic carbocycles. The Balaban J connectivity index is 2.79. The molecule has 0 heterocycles. The predicted molar refractivity (Wildman–Crippen MR) is 78.6 cm³/mol. The average Bonchev–Trinajstić information content (AvgIpc) is 2.33. The standard InChI is InChI=1S/C16H27NO/c1-6-10-17-11-9-13-12-14(16(2,3)4)7-8-15(13)18-5/h7-8,12,17H,6,9-11H2,1-5H3. The lowest BCUT2D eigenvalue weighted by molar-refractivity contribution is 0.408. The summed E-state index contributed by atoms with van der Waals surface area (Å²) in [7, 11) is 1.75. The van der Waals surface area contributed by atoms with E-state index in [1.807, 2.05) is 0 Å². The van der Waals surface area contributed by atoms with Gasteiger partial charge in [0.2, 0.25) is 0 Å². The van der Waals surface area contributed by atoms with Crippen LogP contribution in [0, 0.1) is 0 Å². The summed E-state index contributed by atoms with van der Waals surface area (Å²) in [4.78, 5) is 0. The number of nitrogens with one attached hydrogen (secondary N) is 1. The van der Waals surface area contributed by atoms with Crippen LogP contribution in [-0.4, -0.2) is 20.2 Å². The van der Waals surface area contributed by atoms with E-state index in [9.17, 15) is 0 Å². The number of rotatable bonds is 6. The Morgan fingerprint density at radius 1 is 1.17 bits per heavy atom. The highest BCUT2D eigenvalue weighted by molar-refractivity contribution is 5.39. The summed E-state index contributed by atoms with van der Waals surface area (Å²) < 4.78 is 5.44. The van der Waals surface area contributed by atoms with Crippen molar-refractivity contribution in [3.05, 3.63) is 29.3 Å². The lowest BCUT2D eigenvalue weighted by Gasteiger charge is -2.21. The number of methoxy groups -OCH3 is 1. The fourth-order valence-electron chi connectivity index (χ4n) is 1.97. The molecule has 0 aliphatic rings. The number of hydrogen-bond acceptors (Lipinski definition) is 2. The van der Waals surface area contributed by atoms with Gasteiger partial charge in [0.1, 0.15) is 5.75 Å². The van der Waals surface area contributed by atoms with E-state index >= 15 is 0 Å². The van der Waals surface area contributed by atoms with E-state index in [-0.39, 0.29) is 5.41 Å². The molecule has 0 amide bonds. The van der Waals surface area contributed by atoms with Gasteiger partial charge in [-0.05, 0) is 48.5 Å². The van der Waals surface area contributed by atoms with Crippen molar-refractivity contribution < 1.29 is 4.74 Å². The van der Waals surface area contributed by atoms with E-state index in [0.717, 1.165) is 25.3 Å². The minimum Gasteiger partial charge on any atom is -0.496 e. The second-order valence-electron chi connectivity index (χ2n) is 5.78. The van der Waals surface area contributed by atoms with Crippen LogP contribution in [0.4, 0.5) is 0 Å². The number of hydrogen-bond donors (Lipinski definition) is 1. The molecule has 1 rings (SSSR count). The van der Waals surface area contributed by atoms with Crippen molar-refractivity contribution in [3.8, 4) is 5.75 Å². The normalized spacial score (nSPS) is 11.6. The average molecular weight is 249 g/mol. The molecule has 102 valence electrons. The van der Waals surface area contributed by atoms with Crippen molar-refractivity contribution in [2.24, 2.45) is 0 Å². The second kappa shape index (κ2) is 6.79. The van der Waals surface area contributed by atoms with Crippen LogP contribution in [0.1, 0.15) is 45.2 Å². The summed E-state index contributed by atoms with van der Waals surface area (Å²) in [5.41, 5.74) is 2.86.